The molecule has 0 saturated carbocycles. The Bertz CT molecular complexity index is 610. The van der Waals surface area contributed by atoms with Gasteiger partial charge in [0.05, 0.1) is 0 Å². The monoisotopic (exact) mass is 311 g/mol. The molecule has 1 N–H and O–H groups in total. The standard InChI is InChI=1S/C14H21N3O3S/c1-11(21(2,19)20)14(18)16-10-12-5-6-15-13(9-12)17-7-3-4-8-17/h5-6,9,11H,3-4,7-8,10H2,1-2H3,(H,16,18). The summed E-state index contributed by atoms with van der Waals surface area (Å²) in [6, 6.07) is 3.77. The van der Waals surface area contributed by atoms with E-state index in [1.54, 1.807) is 6.20 Å². The van der Waals surface area contributed by atoms with Crippen LogP contribution < -0.4 is 10.2 Å². The first-order valence-electron chi connectivity index (χ1n) is 7.04. The molecule has 1 aliphatic heterocycles. The molecule has 1 amide bonds. The van der Waals surface area contributed by atoms with Gasteiger partial charge in [0.2, 0.25) is 5.91 Å². The molecule has 0 bridgehead atoms. The van der Waals surface area contributed by atoms with Crippen LogP contribution in [0, 0.1) is 0 Å². The maximum absolute atomic E-state index is 11.8. The quantitative estimate of drug-likeness (QED) is 0.867. The number of pyridine rings is 1. The summed E-state index contributed by atoms with van der Waals surface area (Å²) in [6.07, 6.45) is 5.13. The lowest BCUT2D eigenvalue weighted by molar-refractivity contribution is -0.120. The molecular formula is C14H21N3O3S. The van der Waals surface area contributed by atoms with Crippen LogP contribution in [0.15, 0.2) is 18.3 Å². The van der Waals surface area contributed by atoms with Gasteiger partial charge in [-0.05, 0) is 37.5 Å². The Morgan fingerprint density at radius 3 is 2.71 bits per heavy atom. The van der Waals surface area contributed by atoms with E-state index >= 15 is 0 Å². The van der Waals surface area contributed by atoms with Crippen molar-refractivity contribution in [2.75, 3.05) is 24.2 Å². The Hall–Kier alpha value is -1.63. The van der Waals surface area contributed by atoms with Gasteiger partial charge in [-0.3, -0.25) is 4.79 Å². The fourth-order valence-electron chi connectivity index (χ4n) is 2.22. The molecule has 1 aromatic rings. The first-order chi connectivity index (χ1) is 9.88. The molecule has 2 rings (SSSR count). The molecule has 2 heterocycles. The predicted molar refractivity (Wildman–Crippen MR) is 81.8 cm³/mol. The van der Waals surface area contributed by atoms with E-state index in [1.807, 2.05) is 12.1 Å². The summed E-state index contributed by atoms with van der Waals surface area (Å²) in [5.41, 5.74) is 0.918. The molecule has 116 valence electrons. The average molecular weight is 311 g/mol. The molecule has 0 radical (unpaired) electrons. The van der Waals surface area contributed by atoms with Gasteiger partial charge in [0, 0.05) is 32.1 Å². The third-order valence-corrected chi connectivity index (χ3v) is 5.22. The number of nitrogens with zero attached hydrogens (tertiary/aromatic N) is 2. The van der Waals surface area contributed by atoms with Gasteiger partial charge in [-0.1, -0.05) is 0 Å². The molecule has 6 nitrogen and oxygen atoms in total. The molecule has 1 atom stereocenters. The molecule has 7 heteroatoms. The van der Waals surface area contributed by atoms with E-state index in [1.165, 1.54) is 19.8 Å². The second kappa shape index (κ2) is 6.43. The van der Waals surface area contributed by atoms with Crippen molar-refractivity contribution in [1.82, 2.24) is 10.3 Å². The summed E-state index contributed by atoms with van der Waals surface area (Å²) >= 11 is 0. The number of rotatable bonds is 5. The summed E-state index contributed by atoms with van der Waals surface area (Å²) in [5, 5.41) is 1.63. The van der Waals surface area contributed by atoms with E-state index in [0.717, 1.165) is 30.7 Å². The van der Waals surface area contributed by atoms with Crippen LogP contribution in [0.5, 0.6) is 0 Å². The third-order valence-electron chi connectivity index (χ3n) is 3.72. The molecule has 0 spiro atoms. The maximum atomic E-state index is 11.8. The maximum Gasteiger partial charge on any atom is 0.238 e. The Morgan fingerprint density at radius 2 is 2.10 bits per heavy atom. The van der Waals surface area contributed by atoms with E-state index in [0.29, 0.717) is 6.54 Å². The van der Waals surface area contributed by atoms with Crippen molar-refractivity contribution in [2.24, 2.45) is 0 Å². The highest BCUT2D eigenvalue weighted by molar-refractivity contribution is 7.92. The van der Waals surface area contributed by atoms with Gasteiger partial charge >= 0.3 is 0 Å². The lowest BCUT2D eigenvalue weighted by atomic mass is 10.2. The van der Waals surface area contributed by atoms with Crippen molar-refractivity contribution >= 4 is 21.6 Å². The van der Waals surface area contributed by atoms with Crippen LogP contribution >= 0.6 is 0 Å². The zero-order valence-corrected chi connectivity index (χ0v) is 13.2. The van der Waals surface area contributed by atoms with Gasteiger partial charge in [-0.15, -0.1) is 0 Å². The predicted octanol–water partition coefficient (Wildman–Crippen LogP) is 0.731. The first-order valence-corrected chi connectivity index (χ1v) is 9.00. The number of anilines is 1. The van der Waals surface area contributed by atoms with Gasteiger partial charge < -0.3 is 10.2 Å². The summed E-state index contributed by atoms with van der Waals surface area (Å²) in [7, 11) is -3.36. The molecule has 1 unspecified atom stereocenters. The van der Waals surface area contributed by atoms with Crippen molar-refractivity contribution in [3.63, 3.8) is 0 Å². The minimum atomic E-state index is -3.36. The number of sulfone groups is 1. The molecule has 0 aromatic carbocycles. The second-order valence-corrected chi connectivity index (χ2v) is 7.77. The van der Waals surface area contributed by atoms with E-state index in [2.05, 4.69) is 15.2 Å². The molecule has 1 aliphatic rings. The van der Waals surface area contributed by atoms with Crippen LogP contribution in [0.2, 0.25) is 0 Å². The summed E-state index contributed by atoms with van der Waals surface area (Å²) in [5.74, 6) is 0.437. The molecule has 0 aliphatic carbocycles. The number of hydrogen-bond donors (Lipinski definition) is 1. The fraction of sp³-hybridized carbons (Fsp3) is 0.571. The molecule has 21 heavy (non-hydrogen) atoms. The van der Waals surface area contributed by atoms with Crippen LogP contribution in [-0.2, 0) is 21.2 Å². The van der Waals surface area contributed by atoms with E-state index in [9.17, 15) is 13.2 Å². The van der Waals surface area contributed by atoms with Crippen LogP contribution in [0.4, 0.5) is 5.82 Å². The Balaban J connectivity index is 1.97. The van der Waals surface area contributed by atoms with Gasteiger partial charge in [-0.2, -0.15) is 0 Å². The third kappa shape index (κ3) is 4.17. The Morgan fingerprint density at radius 1 is 1.43 bits per heavy atom. The largest absolute Gasteiger partial charge is 0.357 e. The topological polar surface area (TPSA) is 79.4 Å². The molecule has 1 fully saturated rings. The van der Waals surface area contributed by atoms with Crippen LogP contribution in [-0.4, -0.2) is 43.9 Å². The van der Waals surface area contributed by atoms with Crippen molar-refractivity contribution in [3.05, 3.63) is 23.9 Å². The van der Waals surface area contributed by atoms with Crippen molar-refractivity contribution in [2.45, 2.75) is 31.6 Å². The number of hydrogen-bond acceptors (Lipinski definition) is 5. The number of aromatic nitrogens is 1. The Labute approximate surface area is 125 Å². The van der Waals surface area contributed by atoms with Crippen LogP contribution in [0.25, 0.3) is 0 Å². The number of amides is 1. The van der Waals surface area contributed by atoms with Crippen LogP contribution in [0.1, 0.15) is 25.3 Å². The average Bonchev–Trinajstić information content (AvgIpc) is 2.97. The highest BCUT2D eigenvalue weighted by Crippen LogP contribution is 2.18. The summed E-state index contributed by atoms with van der Waals surface area (Å²) < 4.78 is 22.7. The zero-order valence-electron chi connectivity index (χ0n) is 12.4. The SMILES string of the molecule is CC(C(=O)NCc1ccnc(N2CCCC2)c1)S(C)(=O)=O. The molecule has 1 saturated heterocycles. The summed E-state index contributed by atoms with van der Waals surface area (Å²) in [6.45, 7) is 3.72. The van der Waals surface area contributed by atoms with E-state index in [-0.39, 0.29) is 0 Å². The first kappa shape index (κ1) is 15.8. The normalized spacial score (nSPS) is 16.8. The van der Waals surface area contributed by atoms with Crippen molar-refractivity contribution in [1.29, 1.82) is 0 Å². The molecular weight excluding hydrogens is 290 g/mol. The van der Waals surface area contributed by atoms with Gasteiger partial charge in [0.15, 0.2) is 9.84 Å². The fourth-order valence-corrected chi connectivity index (χ4v) is 2.69. The smallest absolute Gasteiger partial charge is 0.238 e. The van der Waals surface area contributed by atoms with Gasteiger partial charge in [-0.25, -0.2) is 13.4 Å². The number of nitrogens with one attached hydrogen (secondary N) is 1. The van der Waals surface area contributed by atoms with E-state index < -0.39 is 21.0 Å². The van der Waals surface area contributed by atoms with Crippen LogP contribution in [0.3, 0.4) is 0 Å². The lowest BCUT2D eigenvalue weighted by Crippen LogP contribution is -2.37. The lowest BCUT2D eigenvalue weighted by Gasteiger charge is -2.17. The number of carbonyl (C=O) groups excluding carboxylic acids is 1. The zero-order chi connectivity index (χ0) is 15.5. The Kier molecular flexibility index (Phi) is 4.82. The minimum Gasteiger partial charge on any atom is -0.357 e. The van der Waals surface area contributed by atoms with Gasteiger partial charge in [0.25, 0.3) is 0 Å². The van der Waals surface area contributed by atoms with E-state index in [4.69, 9.17) is 0 Å². The number of carbonyl (C=O) groups is 1. The van der Waals surface area contributed by atoms with Gasteiger partial charge in [0.1, 0.15) is 11.1 Å². The highest BCUT2D eigenvalue weighted by Gasteiger charge is 2.23. The second-order valence-electron chi connectivity index (χ2n) is 5.41. The van der Waals surface area contributed by atoms with Crippen molar-refractivity contribution in [3.8, 4) is 0 Å². The minimum absolute atomic E-state index is 0.308. The highest BCUT2D eigenvalue weighted by atomic mass is 32.2. The van der Waals surface area contributed by atoms with Crippen molar-refractivity contribution < 1.29 is 13.2 Å². The summed E-state index contributed by atoms with van der Waals surface area (Å²) in [4.78, 5) is 18.3. The molecule has 1 aromatic heterocycles.